The molecule has 0 radical (unpaired) electrons. The van der Waals surface area contributed by atoms with Crippen molar-refractivity contribution in [3.63, 3.8) is 0 Å². The monoisotopic (exact) mass is 339 g/mol. The van der Waals surface area contributed by atoms with Crippen LogP contribution >= 0.6 is 11.3 Å². The van der Waals surface area contributed by atoms with Gasteiger partial charge in [-0.3, -0.25) is 4.90 Å². The summed E-state index contributed by atoms with van der Waals surface area (Å²) in [5.41, 5.74) is 0. The van der Waals surface area contributed by atoms with E-state index >= 15 is 0 Å². The van der Waals surface area contributed by atoms with E-state index in [-0.39, 0.29) is 12.1 Å². The maximum absolute atomic E-state index is 12.1. The average molecular weight is 339 g/mol. The van der Waals surface area contributed by atoms with E-state index in [4.69, 9.17) is 9.47 Å². The number of carbonyl (C=O) groups is 1. The van der Waals surface area contributed by atoms with Crippen molar-refractivity contribution in [2.24, 2.45) is 5.92 Å². The Morgan fingerprint density at radius 3 is 2.87 bits per heavy atom. The predicted octanol–water partition coefficient (Wildman–Crippen LogP) is 1.46. The number of carbonyl (C=O) groups excluding carboxylic acids is 1. The summed E-state index contributed by atoms with van der Waals surface area (Å²) in [6.07, 6.45) is 1.03. The number of nitrogens with one attached hydrogen (secondary N) is 2. The minimum absolute atomic E-state index is 0.0910. The van der Waals surface area contributed by atoms with Crippen LogP contribution < -0.4 is 10.6 Å². The van der Waals surface area contributed by atoms with Gasteiger partial charge in [-0.1, -0.05) is 6.07 Å². The lowest BCUT2D eigenvalue weighted by Gasteiger charge is -2.34. The fourth-order valence-electron chi connectivity index (χ4n) is 3.01. The molecule has 23 heavy (non-hydrogen) atoms. The minimum atomic E-state index is -0.0910. The van der Waals surface area contributed by atoms with Gasteiger partial charge in [0.15, 0.2) is 0 Å². The first-order valence-corrected chi connectivity index (χ1v) is 9.15. The number of ether oxygens (including phenoxy) is 2. The number of hydrogen-bond acceptors (Lipinski definition) is 5. The topological polar surface area (TPSA) is 62.8 Å². The Morgan fingerprint density at radius 1 is 1.30 bits per heavy atom. The van der Waals surface area contributed by atoms with Gasteiger partial charge >= 0.3 is 6.03 Å². The summed E-state index contributed by atoms with van der Waals surface area (Å²) in [5.74, 6) is 0.452. The van der Waals surface area contributed by atoms with Crippen LogP contribution in [0.5, 0.6) is 0 Å². The quantitative estimate of drug-likeness (QED) is 0.824. The van der Waals surface area contributed by atoms with Crippen molar-refractivity contribution in [2.75, 3.05) is 52.6 Å². The smallest absolute Gasteiger partial charge is 0.314 e. The normalized spacial score (nSPS) is 23.6. The zero-order valence-electron chi connectivity index (χ0n) is 13.3. The highest BCUT2D eigenvalue weighted by Gasteiger charge is 2.24. The molecule has 1 aromatic rings. The second-order valence-corrected chi connectivity index (χ2v) is 6.98. The predicted molar refractivity (Wildman–Crippen MR) is 89.8 cm³/mol. The summed E-state index contributed by atoms with van der Waals surface area (Å²) in [5, 5.41) is 8.07. The number of amides is 2. The molecule has 0 unspecified atom stereocenters. The molecule has 7 heteroatoms. The van der Waals surface area contributed by atoms with Gasteiger partial charge in [-0.05, 0) is 17.9 Å². The van der Waals surface area contributed by atoms with E-state index in [9.17, 15) is 4.79 Å². The van der Waals surface area contributed by atoms with Crippen LogP contribution in [0.15, 0.2) is 17.5 Å². The molecular formula is C16H25N3O3S. The lowest BCUT2D eigenvalue weighted by Crippen LogP contribution is -2.46. The molecule has 0 bridgehead atoms. The fraction of sp³-hybridized carbons (Fsp3) is 0.688. The third kappa shape index (κ3) is 4.91. The van der Waals surface area contributed by atoms with Crippen LogP contribution in [-0.4, -0.2) is 63.5 Å². The zero-order valence-corrected chi connectivity index (χ0v) is 14.1. The zero-order chi connectivity index (χ0) is 15.9. The Balaban J connectivity index is 1.48. The summed E-state index contributed by atoms with van der Waals surface area (Å²) in [7, 11) is 0. The molecule has 3 rings (SSSR count). The first-order valence-electron chi connectivity index (χ1n) is 8.27. The minimum Gasteiger partial charge on any atom is -0.381 e. The highest BCUT2D eigenvalue weighted by molar-refractivity contribution is 7.10. The third-order valence-corrected chi connectivity index (χ3v) is 5.36. The van der Waals surface area contributed by atoms with Gasteiger partial charge in [-0.15, -0.1) is 11.3 Å². The molecule has 2 atom stereocenters. The Labute approximate surface area is 141 Å². The average Bonchev–Trinajstić information content (AvgIpc) is 3.28. The van der Waals surface area contributed by atoms with E-state index in [1.54, 1.807) is 11.3 Å². The van der Waals surface area contributed by atoms with E-state index in [0.717, 1.165) is 45.9 Å². The molecular weight excluding hydrogens is 314 g/mol. The summed E-state index contributed by atoms with van der Waals surface area (Å²) >= 11 is 1.74. The molecule has 0 aliphatic carbocycles. The molecule has 0 aromatic carbocycles. The number of thiophene rings is 1. The fourth-order valence-corrected chi connectivity index (χ4v) is 3.87. The van der Waals surface area contributed by atoms with Crippen molar-refractivity contribution in [1.82, 2.24) is 15.5 Å². The van der Waals surface area contributed by atoms with Gasteiger partial charge in [-0.25, -0.2) is 4.79 Å². The van der Waals surface area contributed by atoms with Gasteiger partial charge in [0.05, 0.1) is 25.9 Å². The molecule has 1 aromatic heterocycles. The Morgan fingerprint density at radius 2 is 2.17 bits per heavy atom. The number of urea groups is 1. The molecule has 2 aliphatic heterocycles. The largest absolute Gasteiger partial charge is 0.381 e. The van der Waals surface area contributed by atoms with Crippen LogP contribution in [0.1, 0.15) is 17.3 Å². The van der Waals surface area contributed by atoms with Crippen LogP contribution in [0.3, 0.4) is 0 Å². The van der Waals surface area contributed by atoms with Crippen LogP contribution in [0.2, 0.25) is 0 Å². The van der Waals surface area contributed by atoms with Crippen molar-refractivity contribution in [2.45, 2.75) is 12.5 Å². The molecule has 2 amide bonds. The highest BCUT2D eigenvalue weighted by Crippen LogP contribution is 2.25. The van der Waals surface area contributed by atoms with Crippen molar-refractivity contribution >= 4 is 17.4 Å². The number of hydrogen-bond donors (Lipinski definition) is 2. The Bertz CT molecular complexity index is 471. The van der Waals surface area contributed by atoms with E-state index in [2.05, 4.69) is 33.0 Å². The molecule has 6 nitrogen and oxygen atoms in total. The number of nitrogens with zero attached hydrogens (tertiary/aromatic N) is 1. The van der Waals surface area contributed by atoms with Gasteiger partial charge < -0.3 is 20.1 Å². The van der Waals surface area contributed by atoms with E-state index in [0.29, 0.717) is 19.0 Å². The first kappa shape index (κ1) is 16.7. The molecule has 2 N–H and O–H groups in total. The lowest BCUT2D eigenvalue weighted by atomic mass is 10.1. The molecule has 2 aliphatic rings. The molecule has 128 valence electrons. The molecule has 0 saturated carbocycles. The number of rotatable bonds is 6. The maximum Gasteiger partial charge on any atom is 0.314 e. The van der Waals surface area contributed by atoms with Gasteiger partial charge in [-0.2, -0.15) is 0 Å². The van der Waals surface area contributed by atoms with Crippen molar-refractivity contribution in [3.05, 3.63) is 22.4 Å². The van der Waals surface area contributed by atoms with Gasteiger partial charge in [0.1, 0.15) is 0 Å². The number of morpholine rings is 1. The molecule has 3 heterocycles. The standard InChI is InChI=1S/C16H25N3O3S/c20-16(17-10-13-3-6-22-12-13)18-11-14(15-2-1-9-23-15)19-4-7-21-8-5-19/h1-2,9,13-14H,3-8,10-12H2,(H2,17,18,20)/t13-,14-/m1/s1. The van der Waals surface area contributed by atoms with Gasteiger partial charge in [0.2, 0.25) is 0 Å². The van der Waals surface area contributed by atoms with E-state index in [1.807, 2.05) is 0 Å². The molecule has 2 fully saturated rings. The molecule has 2 saturated heterocycles. The Kier molecular flexibility index (Phi) is 6.27. The summed E-state index contributed by atoms with van der Waals surface area (Å²) < 4.78 is 10.8. The van der Waals surface area contributed by atoms with Crippen LogP contribution in [-0.2, 0) is 9.47 Å². The first-order chi connectivity index (χ1) is 11.3. The SMILES string of the molecule is O=C(NC[C@H]1CCOC1)NC[C@H](c1cccs1)N1CCOCC1. The summed E-state index contributed by atoms with van der Waals surface area (Å²) in [6, 6.07) is 4.33. The van der Waals surface area contributed by atoms with Crippen LogP contribution in [0.4, 0.5) is 4.79 Å². The van der Waals surface area contributed by atoms with Crippen molar-refractivity contribution in [1.29, 1.82) is 0 Å². The van der Waals surface area contributed by atoms with Gasteiger partial charge in [0.25, 0.3) is 0 Å². The second-order valence-electron chi connectivity index (χ2n) is 6.00. The lowest BCUT2D eigenvalue weighted by molar-refractivity contribution is 0.0174. The maximum atomic E-state index is 12.1. The second kappa shape index (κ2) is 8.63. The van der Waals surface area contributed by atoms with E-state index in [1.165, 1.54) is 4.88 Å². The van der Waals surface area contributed by atoms with Crippen LogP contribution in [0.25, 0.3) is 0 Å². The Hall–Kier alpha value is -1.15. The van der Waals surface area contributed by atoms with Crippen molar-refractivity contribution < 1.29 is 14.3 Å². The van der Waals surface area contributed by atoms with Crippen LogP contribution in [0, 0.1) is 5.92 Å². The third-order valence-electron chi connectivity index (χ3n) is 4.39. The van der Waals surface area contributed by atoms with Crippen molar-refractivity contribution in [3.8, 4) is 0 Å². The van der Waals surface area contributed by atoms with Gasteiger partial charge in [0, 0.05) is 43.6 Å². The summed E-state index contributed by atoms with van der Waals surface area (Å²) in [4.78, 5) is 15.7. The highest BCUT2D eigenvalue weighted by atomic mass is 32.1. The molecule has 0 spiro atoms. The summed E-state index contributed by atoms with van der Waals surface area (Å²) in [6.45, 7) is 6.21. The van der Waals surface area contributed by atoms with E-state index < -0.39 is 0 Å².